The lowest BCUT2D eigenvalue weighted by atomic mass is 10.1. The van der Waals surface area contributed by atoms with E-state index in [2.05, 4.69) is 10.1 Å². The molecule has 2 rings (SSSR count). The molecule has 7 heteroatoms. The molecular weight excluding hydrogens is 274 g/mol. The van der Waals surface area contributed by atoms with Crippen LogP contribution in [0.3, 0.4) is 0 Å². The summed E-state index contributed by atoms with van der Waals surface area (Å²) in [5.41, 5.74) is 8.38. The van der Waals surface area contributed by atoms with E-state index in [-0.39, 0.29) is 5.84 Å². The van der Waals surface area contributed by atoms with Crippen LogP contribution in [0.5, 0.6) is 5.88 Å². The molecule has 1 heterocycles. The van der Waals surface area contributed by atoms with Crippen molar-refractivity contribution in [3.8, 4) is 5.88 Å². The van der Waals surface area contributed by atoms with Crippen LogP contribution in [-0.4, -0.2) is 49.6 Å². The van der Waals surface area contributed by atoms with E-state index < -0.39 is 0 Å². The number of oxime groups is 1. The Bertz CT molecular complexity index is 505. The molecule has 1 aliphatic rings. The number of fused-ring (bicyclic) bond motifs is 1. The standard InChI is InChI=1S/C14H21N3O4/c1-19-5-6-20-7-8-21-14-11(13(15)17-18)9-10-3-2-4-12(10)16-14/h9,18H,2-8H2,1H3,(H2,15,17). The zero-order valence-electron chi connectivity index (χ0n) is 12.2. The maximum atomic E-state index is 8.87. The van der Waals surface area contributed by atoms with Crippen LogP contribution in [0.4, 0.5) is 0 Å². The Morgan fingerprint density at radius 3 is 2.90 bits per heavy atom. The van der Waals surface area contributed by atoms with E-state index in [0.29, 0.717) is 37.9 Å². The van der Waals surface area contributed by atoms with Gasteiger partial charge in [0.25, 0.3) is 0 Å². The molecular formula is C14H21N3O4. The van der Waals surface area contributed by atoms with E-state index in [1.807, 2.05) is 6.07 Å². The van der Waals surface area contributed by atoms with Gasteiger partial charge in [0, 0.05) is 12.8 Å². The summed E-state index contributed by atoms with van der Waals surface area (Å²) in [7, 11) is 1.62. The first-order chi connectivity index (χ1) is 10.3. The van der Waals surface area contributed by atoms with Crippen LogP contribution in [0.1, 0.15) is 23.2 Å². The monoisotopic (exact) mass is 295 g/mol. The lowest BCUT2D eigenvalue weighted by Crippen LogP contribution is -2.18. The SMILES string of the molecule is COCCOCCOc1nc2c(cc1C(N)=NO)CCC2. The molecule has 0 saturated heterocycles. The van der Waals surface area contributed by atoms with Crippen molar-refractivity contribution in [1.82, 2.24) is 4.98 Å². The molecule has 21 heavy (non-hydrogen) atoms. The lowest BCUT2D eigenvalue weighted by molar-refractivity contribution is 0.0536. The molecule has 0 aromatic carbocycles. The number of aryl methyl sites for hydroxylation is 2. The Hall–Kier alpha value is -1.86. The Morgan fingerprint density at radius 2 is 2.14 bits per heavy atom. The van der Waals surface area contributed by atoms with Gasteiger partial charge in [-0.25, -0.2) is 4.98 Å². The smallest absolute Gasteiger partial charge is 0.224 e. The van der Waals surface area contributed by atoms with Crippen molar-refractivity contribution in [3.05, 3.63) is 22.9 Å². The van der Waals surface area contributed by atoms with Crippen molar-refractivity contribution in [3.63, 3.8) is 0 Å². The van der Waals surface area contributed by atoms with Gasteiger partial charge in [0.2, 0.25) is 5.88 Å². The summed E-state index contributed by atoms with van der Waals surface area (Å²) in [6.07, 6.45) is 2.97. The van der Waals surface area contributed by atoms with E-state index >= 15 is 0 Å². The molecule has 1 aromatic rings. The van der Waals surface area contributed by atoms with Crippen LogP contribution in [-0.2, 0) is 22.3 Å². The van der Waals surface area contributed by atoms with Gasteiger partial charge in [-0.2, -0.15) is 0 Å². The molecule has 7 nitrogen and oxygen atoms in total. The van der Waals surface area contributed by atoms with E-state index in [4.69, 9.17) is 25.2 Å². The van der Waals surface area contributed by atoms with Crippen LogP contribution in [0, 0.1) is 0 Å². The average Bonchev–Trinajstić information content (AvgIpc) is 2.96. The van der Waals surface area contributed by atoms with Crippen LogP contribution in [0.2, 0.25) is 0 Å². The third kappa shape index (κ3) is 4.05. The fourth-order valence-electron chi connectivity index (χ4n) is 2.24. The molecule has 0 saturated carbocycles. The normalized spacial score (nSPS) is 14.2. The third-order valence-electron chi connectivity index (χ3n) is 3.30. The van der Waals surface area contributed by atoms with Crippen LogP contribution >= 0.6 is 0 Å². The fraction of sp³-hybridized carbons (Fsp3) is 0.571. The number of pyridine rings is 1. The second-order valence-electron chi connectivity index (χ2n) is 4.74. The molecule has 1 aromatic heterocycles. The Kier molecular flexibility index (Phi) is 5.77. The Morgan fingerprint density at radius 1 is 1.33 bits per heavy atom. The first-order valence-electron chi connectivity index (χ1n) is 6.96. The molecule has 0 aliphatic heterocycles. The summed E-state index contributed by atoms with van der Waals surface area (Å²) in [5, 5.41) is 11.9. The number of nitrogens with zero attached hydrogens (tertiary/aromatic N) is 2. The molecule has 3 N–H and O–H groups in total. The van der Waals surface area contributed by atoms with Gasteiger partial charge < -0.3 is 25.2 Å². The highest BCUT2D eigenvalue weighted by molar-refractivity contribution is 5.99. The quantitative estimate of drug-likeness (QED) is 0.241. The van der Waals surface area contributed by atoms with E-state index in [1.165, 1.54) is 0 Å². The molecule has 0 atom stereocenters. The number of amidine groups is 1. The predicted octanol–water partition coefficient (Wildman–Crippen LogP) is 0.707. The highest BCUT2D eigenvalue weighted by Crippen LogP contribution is 2.26. The topological polar surface area (TPSA) is 99.2 Å². The molecule has 0 spiro atoms. The summed E-state index contributed by atoms with van der Waals surface area (Å²) in [6, 6.07) is 1.89. The Balaban J connectivity index is 2.00. The second-order valence-corrected chi connectivity index (χ2v) is 4.74. The molecule has 0 radical (unpaired) electrons. The Labute approximate surface area is 123 Å². The van der Waals surface area contributed by atoms with Crippen LogP contribution < -0.4 is 10.5 Å². The summed E-state index contributed by atoms with van der Waals surface area (Å²) in [5.74, 6) is 0.397. The van der Waals surface area contributed by atoms with Crippen molar-refractivity contribution in [1.29, 1.82) is 0 Å². The van der Waals surface area contributed by atoms with Gasteiger partial charge in [0.1, 0.15) is 6.61 Å². The summed E-state index contributed by atoms with van der Waals surface area (Å²) >= 11 is 0. The largest absolute Gasteiger partial charge is 0.475 e. The maximum absolute atomic E-state index is 8.87. The number of rotatable bonds is 8. The zero-order chi connectivity index (χ0) is 15.1. The first kappa shape index (κ1) is 15.5. The first-order valence-corrected chi connectivity index (χ1v) is 6.96. The second kappa shape index (κ2) is 7.80. The highest BCUT2D eigenvalue weighted by Gasteiger charge is 2.19. The number of nitrogens with two attached hydrogens (primary N) is 1. The van der Waals surface area contributed by atoms with Gasteiger partial charge >= 0.3 is 0 Å². The van der Waals surface area contributed by atoms with Crippen molar-refractivity contribution >= 4 is 5.84 Å². The molecule has 0 amide bonds. The van der Waals surface area contributed by atoms with Crippen molar-refractivity contribution in [2.24, 2.45) is 10.9 Å². The number of ether oxygens (including phenoxy) is 3. The number of hydrogen-bond donors (Lipinski definition) is 2. The minimum absolute atomic E-state index is 0.00695. The number of aromatic nitrogens is 1. The van der Waals surface area contributed by atoms with E-state index in [1.54, 1.807) is 7.11 Å². The number of hydrogen-bond acceptors (Lipinski definition) is 6. The summed E-state index contributed by atoms with van der Waals surface area (Å²) < 4.78 is 15.8. The van der Waals surface area contributed by atoms with Crippen molar-refractivity contribution in [2.45, 2.75) is 19.3 Å². The summed E-state index contributed by atoms with van der Waals surface area (Å²) in [6.45, 7) is 1.84. The van der Waals surface area contributed by atoms with Crippen molar-refractivity contribution < 1.29 is 19.4 Å². The number of methoxy groups -OCH3 is 1. The third-order valence-corrected chi connectivity index (χ3v) is 3.30. The molecule has 0 fully saturated rings. The van der Waals surface area contributed by atoms with Gasteiger partial charge in [-0.05, 0) is 30.9 Å². The molecule has 0 unspecified atom stereocenters. The summed E-state index contributed by atoms with van der Waals surface area (Å²) in [4.78, 5) is 4.48. The van der Waals surface area contributed by atoms with Gasteiger partial charge in [-0.3, -0.25) is 0 Å². The molecule has 1 aliphatic carbocycles. The molecule has 116 valence electrons. The fourth-order valence-corrected chi connectivity index (χ4v) is 2.24. The lowest BCUT2D eigenvalue weighted by Gasteiger charge is -2.12. The highest BCUT2D eigenvalue weighted by atomic mass is 16.5. The van der Waals surface area contributed by atoms with Gasteiger partial charge in [-0.1, -0.05) is 5.16 Å². The average molecular weight is 295 g/mol. The van der Waals surface area contributed by atoms with Crippen molar-refractivity contribution in [2.75, 3.05) is 33.5 Å². The van der Waals surface area contributed by atoms with Gasteiger partial charge in [0.15, 0.2) is 5.84 Å². The predicted molar refractivity (Wildman–Crippen MR) is 77.0 cm³/mol. The van der Waals surface area contributed by atoms with Crippen LogP contribution in [0.25, 0.3) is 0 Å². The maximum Gasteiger partial charge on any atom is 0.224 e. The molecule has 0 bridgehead atoms. The zero-order valence-corrected chi connectivity index (χ0v) is 12.2. The van der Waals surface area contributed by atoms with E-state index in [0.717, 1.165) is 30.5 Å². The van der Waals surface area contributed by atoms with Gasteiger partial charge in [0.05, 0.1) is 25.4 Å². The van der Waals surface area contributed by atoms with Gasteiger partial charge in [-0.15, -0.1) is 0 Å². The minimum atomic E-state index is 0.00695. The van der Waals surface area contributed by atoms with Crippen LogP contribution in [0.15, 0.2) is 11.2 Å². The minimum Gasteiger partial charge on any atom is -0.475 e. The van der Waals surface area contributed by atoms with E-state index in [9.17, 15) is 0 Å².